The Hall–Kier alpha value is -0.170. The molecule has 1 aliphatic heterocycles. The molecule has 6 heteroatoms. The standard InChI is InChI=1S/C21H39O5S/c1-4-6-7-8-9-10-13-18-17(5-2)20(26-27(3,22)23)16-19(18)25-21-14-11-12-15-24-21/h17-21H,2,4-16H2,1,3H3/t17-,18-,19-,20+,21+/m1/s1. The van der Waals surface area contributed by atoms with E-state index in [1.54, 1.807) is 0 Å². The Bertz CT molecular complexity index is 501. The van der Waals surface area contributed by atoms with E-state index in [4.69, 9.17) is 13.7 Å². The van der Waals surface area contributed by atoms with Crippen LogP contribution in [-0.4, -0.2) is 39.8 Å². The molecule has 2 fully saturated rings. The van der Waals surface area contributed by atoms with Gasteiger partial charge in [0.2, 0.25) is 0 Å². The molecule has 1 heterocycles. The Morgan fingerprint density at radius 2 is 1.78 bits per heavy atom. The predicted molar refractivity (Wildman–Crippen MR) is 108 cm³/mol. The summed E-state index contributed by atoms with van der Waals surface area (Å²) in [6.45, 7) is 7.07. The zero-order valence-electron chi connectivity index (χ0n) is 17.2. The van der Waals surface area contributed by atoms with Crippen LogP contribution in [0.3, 0.4) is 0 Å². The Balaban J connectivity index is 1.95. The lowest BCUT2D eigenvalue weighted by atomic mass is 9.86. The molecule has 0 aromatic heterocycles. The minimum atomic E-state index is -3.48. The van der Waals surface area contributed by atoms with E-state index in [0.717, 1.165) is 45.0 Å². The summed E-state index contributed by atoms with van der Waals surface area (Å²) in [5, 5.41) is 0. The topological polar surface area (TPSA) is 61.8 Å². The van der Waals surface area contributed by atoms with Crippen molar-refractivity contribution < 1.29 is 22.1 Å². The number of unbranched alkanes of at least 4 members (excludes halogenated alkanes) is 5. The fourth-order valence-electron chi connectivity index (χ4n) is 4.60. The van der Waals surface area contributed by atoms with E-state index in [9.17, 15) is 8.42 Å². The van der Waals surface area contributed by atoms with Crippen molar-refractivity contribution in [3.05, 3.63) is 6.92 Å². The van der Waals surface area contributed by atoms with Crippen molar-refractivity contribution in [3.8, 4) is 0 Å². The fraction of sp³-hybridized carbons (Fsp3) is 0.952. The maximum atomic E-state index is 11.7. The maximum absolute atomic E-state index is 11.7. The van der Waals surface area contributed by atoms with Crippen LogP contribution in [0.5, 0.6) is 0 Å². The van der Waals surface area contributed by atoms with E-state index in [0.29, 0.717) is 18.8 Å². The molecule has 2 rings (SSSR count). The SMILES string of the molecule is [CH2]C[C@@H]1[C@@H](CCCCCCCC)[C@H](O[C@H]2CCCCO2)C[C@@H]1OS(C)(=O)=O. The third kappa shape index (κ3) is 8.00. The first-order valence-corrected chi connectivity index (χ1v) is 12.7. The molecule has 0 amide bonds. The molecular formula is C21H39O5S. The monoisotopic (exact) mass is 403 g/mol. The van der Waals surface area contributed by atoms with E-state index >= 15 is 0 Å². The molecule has 1 radical (unpaired) electrons. The summed E-state index contributed by atoms with van der Waals surface area (Å²) in [6, 6.07) is 0. The highest BCUT2D eigenvalue weighted by Crippen LogP contribution is 2.42. The van der Waals surface area contributed by atoms with E-state index < -0.39 is 10.1 Å². The van der Waals surface area contributed by atoms with Gasteiger partial charge in [-0.15, -0.1) is 0 Å². The maximum Gasteiger partial charge on any atom is 0.264 e. The van der Waals surface area contributed by atoms with Crippen molar-refractivity contribution in [2.45, 2.75) is 102 Å². The van der Waals surface area contributed by atoms with Crippen molar-refractivity contribution in [3.63, 3.8) is 0 Å². The predicted octanol–water partition coefficient (Wildman–Crippen LogP) is 4.85. The largest absolute Gasteiger partial charge is 0.353 e. The third-order valence-electron chi connectivity index (χ3n) is 5.96. The van der Waals surface area contributed by atoms with Crippen LogP contribution < -0.4 is 0 Å². The van der Waals surface area contributed by atoms with Crippen LogP contribution in [0.25, 0.3) is 0 Å². The Labute approximate surface area is 166 Å². The Kier molecular flexibility index (Phi) is 10.0. The summed E-state index contributed by atoms with van der Waals surface area (Å²) in [6.07, 6.45) is 13.7. The fourth-order valence-corrected chi connectivity index (χ4v) is 5.27. The van der Waals surface area contributed by atoms with Crippen molar-refractivity contribution in [2.75, 3.05) is 12.9 Å². The lowest BCUT2D eigenvalue weighted by Crippen LogP contribution is -2.31. The van der Waals surface area contributed by atoms with Gasteiger partial charge >= 0.3 is 0 Å². The van der Waals surface area contributed by atoms with Crippen LogP contribution in [0, 0.1) is 18.8 Å². The highest BCUT2D eigenvalue weighted by atomic mass is 32.2. The molecule has 0 N–H and O–H groups in total. The van der Waals surface area contributed by atoms with E-state index in [1.807, 2.05) is 0 Å². The van der Waals surface area contributed by atoms with Crippen molar-refractivity contribution in [1.82, 2.24) is 0 Å². The normalized spacial score (nSPS) is 32.0. The van der Waals surface area contributed by atoms with Crippen LogP contribution in [0.4, 0.5) is 0 Å². The second kappa shape index (κ2) is 11.7. The molecule has 2 aliphatic rings. The first kappa shape index (κ1) is 23.1. The molecule has 0 spiro atoms. The Morgan fingerprint density at radius 1 is 1.04 bits per heavy atom. The molecule has 1 saturated carbocycles. The van der Waals surface area contributed by atoms with Gasteiger partial charge in [0.05, 0.1) is 18.5 Å². The van der Waals surface area contributed by atoms with Crippen molar-refractivity contribution in [2.24, 2.45) is 11.8 Å². The van der Waals surface area contributed by atoms with Crippen LogP contribution in [-0.2, 0) is 23.8 Å². The molecule has 159 valence electrons. The van der Waals surface area contributed by atoms with Crippen LogP contribution >= 0.6 is 0 Å². The second-order valence-corrected chi connectivity index (χ2v) is 9.82. The first-order valence-electron chi connectivity index (χ1n) is 10.9. The minimum absolute atomic E-state index is 0.00208. The summed E-state index contributed by atoms with van der Waals surface area (Å²) in [7, 11) is -3.48. The molecular weight excluding hydrogens is 364 g/mol. The molecule has 1 saturated heterocycles. The minimum Gasteiger partial charge on any atom is -0.353 e. The van der Waals surface area contributed by atoms with Gasteiger partial charge in [-0.1, -0.05) is 52.4 Å². The molecule has 0 unspecified atom stereocenters. The van der Waals surface area contributed by atoms with Gasteiger partial charge in [-0.25, -0.2) is 0 Å². The lowest BCUT2D eigenvalue weighted by molar-refractivity contribution is -0.196. The molecule has 0 aromatic carbocycles. The Morgan fingerprint density at radius 3 is 2.41 bits per heavy atom. The summed E-state index contributed by atoms with van der Waals surface area (Å²) in [4.78, 5) is 0. The van der Waals surface area contributed by atoms with Crippen LogP contribution in [0.15, 0.2) is 0 Å². The van der Waals surface area contributed by atoms with E-state index in [1.165, 1.54) is 32.1 Å². The van der Waals surface area contributed by atoms with Gasteiger partial charge < -0.3 is 9.47 Å². The average molecular weight is 404 g/mol. The molecule has 1 aliphatic carbocycles. The molecule has 0 aromatic rings. The summed E-state index contributed by atoms with van der Waals surface area (Å²) < 4.78 is 40.9. The number of hydrogen-bond donors (Lipinski definition) is 0. The van der Waals surface area contributed by atoms with Crippen molar-refractivity contribution in [1.29, 1.82) is 0 Å². The summed E-state index contributed by atoms with van der Waals surface area (Å²) in [5.74, 6) is 0.426. The summed E-state index contributed by atoms with van der Waals surface area (Å²) >= 11 is 0. The zero-order chi connectivity index (χ0) is 19.7. The zero-order valence-corrected chi connectivity index (χ0v) is 18.1. The highest BCUT2D eigenvalue weighted by Gasteiger charge is 2.45. The lowest BCUT2D eigenvalue weighted by Gasteiger charge is -2.30. The average Bonchev–Trinajstić information content (AvgIpc) is 2.93. The second-order valence-electron chi connectivity index (χ2n) is 8.22. The quantitative estimate of drug-likeness (QED) is 0.344. The molecule has 0 bridgehead atoms. The number of hydrogen-bond acceptors (Lipinski definition) is 5. The number of rotatable bonds is 12. The van der Waals surface area contributed by atoms with Gasteiger partial charge in [-0.05, 0) is 43.9 Å². The van der Waals surface area contributed by atoms with Gasteiger partial charge in [0.25, 0.3) is 10.1 Å². The molecule has 27 heavy (non-hydrogen) atoms. The molecule has 5 nitrogen and oxygen atoms in total. The van der Waals surface area contributed by atoms with Gasteiger partial charge in [-0.2, -0.15) is 8.42 Å². The van der Waals surface area contributed by atoms with Gasteiger partial charge in [0.15, 0.2) is 6.29 Å². The number of ether oxygens (including phenoxy) is 2. The van der Waals surface area contributed by atoms with Gasteiger partial charge in [0, 0.05) is 13.0 Å². The van der Waals surface area contributed by atoms with Crippen LogP contribution in [0.2, 0.25) is 0 Å². The van der Waals surface area contributed by atoms with Gasteiger partial charge in [-0.3, -0.25) is 4.18 Å². The van der Waals surface area contributed by atoms with Crippen LogP contribution in [0.1, 0.15) is 84.0 Å². The van der Waals surface area contributed by atoms with Gasteiger partial charge in [0.1, 0.15) is 0 Å². The summed E-state index contributed by atoms with van der Waals surface area (Å²) in [5.41, 5.74) is 0. The van der Waals surface area contributed by atoms with E-state index in [2.05, 4.69) is 13.8 Å². The van der Waals surface area contributed by atoms with E-state index in [-0.39, 0.29) is 24.4 Å². The highest BCUT2D eigenvalue weighted by molar-refractivity contribution is 7.86. The third-order valence-corrected chi connectivity index (χ3v) is 6.55. The smallest absolute Gasteiger partial charge is 0.264 e. The van der Waals surface area contributed by atoms with Crippen molar-refractivity contribution >= 4 is 10.1 Å². The molecule has 5 atom stereocenters. The first-order chi connectivity index (χ1) is 12.9.